The predicted octanol–water partition coefficient (Wildman–Crippen LogP) is 2.18. The molecule has 0 radical (unpaired) electrons. The maximum atomic E-state index is 12.4. The zero-order chi connectivity index (χ0) is 14.9. The second-order valence-electron chi connectivity index (χ2n) is 4.87. The molecule has 1 saturated heterocycles. The van der Waals surface area contributed by atoms with Crippen molar-refractivity contribution in [3.63, 3.8) is 0 Å². The Bertz CT molecular complexity index is 490. The summed E-state index contributed by atoms with van der Waals surface area (Å²) in [5.74, 6) is -1.06. The van der Waals surface area contributed by atoms with Gasteiger partial charge in [0.15, 0.2) is 0 Å². The van der Waals surface area contributed by atoms with Crippen LogP contribution in [-0.2, 0) is 11.0 Å². The zero-order valence-electron chi connectivity index (χ0n) is 10.8. The summed E-state index contributed by atoms with van der Waals surface area (Å²) < 4.78 is 37.3. The molecule has 0 aromatic carbocycles. The number of piperidine rings is 1. The van der Waals surface area contributed by atoms with Gasteiger partial charge in [0, 0.05) is 25.0 Å². The van der Waals surface area contributed by atoms with E-state index in [1.165, 1.54) is 0 Å². The number of rotatable bonds is 2. The van der Waals surface area contributed by atoms with Crippen LogP contribution < -0.4 is 4.90 Å². The first-order chi connectivity index (χ1) is 9.29. The van der Waals surface area contributed by atoms with Crippen molar-refractivity contribution in [1.82, 2.24) is 9.97 Å². The number of alkyl halides is 3. The molecule has 2 atom stereocenters. The number of carbonyl (C=O) groups is 1. The lowest BCUT2D eigenvalue weighted by atomic mass is 9.92. The topological polar surface area (TPSA) is 66.3 Å². The van der Waals surface area contributed by atoms with Crippen LogP contribution in [0, 0.1) is 5.92 Å². The Kier molecular flexibility index (Phi) is 3.82. The third-order valence-corrected chi connectivity index (χ3v) is 3.45. The normalized spacial score (nSPS) is 23.7. The standard InChI is InChI=1S/C12H14F3N3O2/c1-7-4-8(10(19)20)2-3-18(7)11-16-5-9(6-17-11)12(13,14)15/h5-8H,2-4H2,1H3,(H,19,20). The van der Waals surface area contributed by atoms with E-state index < -0.39 is 23.6 Å². The predicted molar refractivity (Wildman–Crippen MR) is 64.2 cm³/mol. The number of carboxylic acid groups (broad SMARTS) is 1. The molecule has 5 nitrogen and oxygen atoms in total. The summed E-state index contributed by atoms with van der Waals surface area (Å²) in [4.78, 5) is 20.1. The summed E-state index contributed by atoms with van der Waals surface area (Å²) in [7, 11) is 0. The average Bonchev–Trinajstić information content (AvgIpc) is 2.37. The second-order valence-corrected chi connectivity index (χ2v) is 4.87. The van der Waals surface area contributed by atoms with Crippen molar-refractivity contribution < 1.29 is 23.1 Å². The molecule has 0 aliphatic carbocycles. The fourth-order valence-corrected chi connectivity index (χ4v) is 2.31. The molecule has 2 unspecified atom stereocenters. The summed E-state index contributed by atoms with van der Waals surface area (Å²) in [5, 5.41) is 8.96. The van der Waals surface area contributed by atoms with E-state index >= 15 is 0 Å². The van der Waals surface area contributed by atoms with Gasteiger partial charge in [-0.25, -0.2) is 9.97 Å². The summed E-state index contributed by atoms with van der Waals surface area (Å²) in [6, 6.07) is -0.124. The third-order valence-electron chi connectivity index (χ3n) is 3.45. The van der Waals surface area contributed by atoms with Crippen molar-refractivity contribution >= 4 is 11.9 Å². The fourth-order valence-electron chi connectivity index (χ4n) is 2.31. The van der Waals surface area contributed by atoms with E-state index in [1.807, 2.05) is 6.92 Å². The number of nitrogens with zero attached hydrogens (tertiary/aromatic N) is 3. The minimum Gasteiger partial charge on any atom is -0.481 e. The van der Waals surface area contributed by atoms with Crippen molar-refractivity contribution in [2.75, 3.05) is 11.4 Å². The van der Waals surface area contributed by atoms with Crippen LogP contribution in [0.15, 0.2) is 12.4 Å². The second kappa shape index (κ2) is 5.26. The molecule has 1 aromatic heterocycles. The number of aliphatic carboxylic acids is 1. The quantitative estimate of drug-likeness (QED) is 0.904. The van der Waals surface area contributed by atoms with Crippen LogP contribution in [0.5, 0.6) is 0 Å². The van der Waals surface area contributed by atoms with Crippen LogP contribution >= 0.6 is 0 Å². The maximum Gasteiger partial charge on any atom is 0.419 e. The number of hydrogen-bond acceptors (Lipinski definition) is 4. The van der Waals surface area contributed by atoms with E-state index in [0.717, 1.165) is 12.4 Å². The Balaban J connectivity index is 2.11. The molecular formula is C12H14F3N3O2. The third kappa shape index (κ3) is 3.00. The molecule has 110 valence electrons. The lowest BCUT2D eigenvalue weighted by molar-refractivity contribution is -0.142. The van der Waals surface area contributed by atoms with Crippen molar-refractivity contribution in [2.24, 2.45) is 5.92 Å². The number of halogens is 3. The van der Waals surface area contributed by atoms with Crippen LogP contribution in [0.25, 0.3) is 0 Å². The summed E-state index contributed by atoms with van der Waals surface area (Å²) in [6.45, 7) is 2.24. The summed E-state index contributed by atoms with van der Waals surface area (Å²) >= 11 is 0. The molecule has 1 fully saturated rings. The minimum absolute atomic E-state index is 0.124. The Morgan fingerprint density at radius 2 is 2.00 bits per heavy atom. The van der Waals surface area contributed by atoms with Crippen LogP contribution in [-0.4, -0.2) is 33.6 Å². The zero-order valence-corrected chi connectivity index (χ0v) is 10.8. The molecule has 1 aromatic rings. The number of hydrogen-bond donors (Lipinski definition) is 1. The van der Waals surface area contributed by atoms with E-state index in [0.29, 0.717) is 19.4 Å². The summed E-state index contributed by atoms with van der Waals surface area (Å²) in [6.07, 6.45) is -2.10. The van der Waals surface area contributed by atoms with Crippen molar-refractivity contribution in [3.05, 3.63) is 18.0 Å². The smallest absolute Gasteiger partial charge is 0.419 e. The summed E-state index contributed by atoms with van der Waals surface area (Å²) in [5.41, 5.74) is -0.894. The average molecular weight is 289 g/mol. The first kappa shape index (κ1) is 14.5. The number of aromatic nitrogens is 2. The molecule has 0 amide bonds. The highest BCUT2D eigenvalue weighted by Crippen LogP contribution is 2.30. The molecular weight excluding hydrogens is 275 g/mol. The van der Waals surface area contributed by atoms with E-state index in [9.17, 15) is 18.0 Å². The molecule has 1 aliphatic rings. The maximum absolute atomic E-state index is 12.4. The minimum atomic E-state index is -4.46. The van der Waals surface area contributed by atoms with Crippen molar-refractivity contribution in [1.29, 1.82) is 0 Å². The van der Waals surface area contributed by atoms with Gasteiger partial charge in [0.1, 0.15) is 0 Å². The Morgan fingerprint density at radius 3 is 2.45 bits per heavy atom. The van der Waals surface area contributed by atoms with E-state index in [1.54, 1.807) is 4.90 Å². The molecule has 0 spiro atoms. The van der Waals surface area contributed by atoms with Crippen LogP contribution in [0.4, 0.5) is 19.1 Å². The Morgan fingerprint density at radius 1 is 1.40 bits per heavy atom. The van der Waals surface area contributed by atoms with Gasteiger partial charge in [-0.15, -0.1) is 0 Å². The molecule has 0 saturated carbocycles. The molecule has 2 rings (SSSR count). The van der Waals surface area contributed by atoms with E-state index in [4.69, 9.17) is 5.11 Å². The largest absolute Gasteiger partial charge is 0.481 e. The van der Waals surface area contributed by atoms with Gasteiger partial charge in [-0.2, -0.15) is 13.2 Å². The lowest BCUT2D eigenvalue weighted by Crippen LogP contribution is -2.43. The number of carboxylic acids is 1. The van der Waals surface area contributed by atoms with Crippen LogP contribution in [0.3, 0.4) is 0 Å². The van der Waals surface area contributed by atoms with Crippen molar-refractivity contribution in [2.45, 2.75) is 32.0 Å². The fraction of sp³-hybridized carbons (Fsp3) is 0.583. The molecule has 8 heteroatoms. The highest BCUT2D eigenvalue weighted by Gasteiger charge is 2.33. The van der Waals surface area contributed by atoms with Crippen LogP contribution in [0.1, 0.15) is 25.3 Å². The van der Waals surface area contributed by atoms with Gasteiger partial charge in [-0.3, -0.25) is 4.79 Å². The van der Waals surface area contributed by atoms with Gasteiger partial charge >= 0.3 is 12.1 Å². The van der Waals surface area contributed by atoms with Gasteiger partial charge in [0.05, 0.1) is 11.5 Å². The monoisotopic (exact) mass is 289 g/mol. The Hall–Kier alpha value is -1.86. The number of anilines is 1. The molecule has 1 aliphatic heterocycles. The highest BCUT2D eigenvalue weighted by atomic mass is 19.4. The van der Waals surface area contributed by atoms with E-state index in [-0.39, 0.29) is 12.0 Å². The van der Waals surface area contributed by atoms with Gasteiger partial charge in [-0.1, -0.05) is 0 Å². The van der Waals surface area contributed by atoms with Gasteiger partial charge in [-0.05, 0) is 19.8 Å². The molecule has 2 heterocycles. The molecule has 1 N–H and O–H groups in total. The van der Waals surface area contributed by atoms with Crippen molar-refractivity contribution in [3.8, 4) is 0 Å². The van der Waals surface area contributed by atoms with Crippen LogP contribution in [0.2, 0.25) is 0 Å². The Labute approximate surface area is 113 Å². The highest BCUT2D eigenvalue weighted by molar-refractivity contribution is 5.70. The van der Waals surface area contributed by atoms with Gasteiger partial charge in [0.25, 0.3) is 0 Å². The SMILES string of the molecule is CC1CC(C(=O)O)CCN1c1ncc(C(F)(F)F)cn1. The first-order valence-corrected chi connectivity index (χ1v) is 6.17. The molecule has 0 bridgehead atoms. The van der Waals surface area contributed by atoms with Gasteiger partial charge < -0.3 is 10.0 Å². The van der Waals surface area contributed by atoms with Gasteiger partial charge in [0.2, 0.25) is 5.95 Å². The molecule has 20 heavy (non-hydrogen) atoms. The van der Waals surface area contributed by atoms with E-state index in [2.05, 4.69) is 9.97 Å². The first-order valence-electron chi connectivity index (χ1n) is 6.17. The lowest BCUT2D eigenvalue weighted by Gasteiger charge is -2.36.